The van der Waals surface area contributed by atoms with E-state index in [1.807, 2.05) is 36.9 Å². The Morgan fingerprint density at radius 3 is 2.72 bits per heavy atom. The van der Waals surface area contributed by atoms with E-state index >= 15 is 0 Å². The lowest BCUT2D eigenvalue weighted by molar-refractivity contribution is -0.133. The van der Waals surface area contributed by atoms with E-state index in [9.17, 15) is 4.79 Å². The van der Waals surface area contributed by atoms with Crippen LogP contribution in [-0.4, -0.2) is 46.3 Å². The van der Waals surface area contributed by atoms with Gasteiger partial charge in [-0.2, -0.15) is 5.10 Å². The Morgan fingerprint density at radius 1 is 1.28 bits per heavy atom. The van der Waals surface area contributed by atoms with Crippen LogP contribution in [-0.2, 0) is 11.3 Å². The van der Waals surface area contributed by atoms with Crippen LogP contribution < -0.4 is 9.47 Å². The number of methoxy groups -OCH3 is 2. The minimum Gasteiger partial charge on any atom is -0.497 e. The molecule has 0 unspecified atom stereocenters. The molecule has 0 aliphatic carbocycles. The first-order valence-corrected chi connectivity index (χ1v) is 8.43. The summed E-state index contributed by atoms with van der Waals surface area (Å²) in [4.78, 5) is 19.1. The van der Waals surface area contributed by atoms with Crippen molar-refractivity contribution in [3.05, 3.63) is 35.4 Å². The largest absolute Gasteiger partial charge is 0.497 e. The van der Waals surface area contributed by atoms with Crippen LogP contribution in [0.4, 0.5) is 0 Å². The third-order valence-corrected chi connectivity index (χ3v) is 4.62. The van der Waals surface area contributed by atoms with E-state index in [1.165, 1.54) is 0 Å². The fraction of sp³-hybridized carbons (Fsp3) is 0.500. The zero-order valence-electron chi connectivity index (χ0n) is 15.2. The molecule has 1 saturated heterocycles. The minimum atomic E-state index is -0.0116. The first kappa shape index (κ1) is 17.3. The summed E-state index contributed by atoms with van der Waals surface area (Å²) in [6, 6.07) is 5.70. The van der Waals surface area contributed by atoms with Crippen molar-refractivity contribution in [3.8, 4) is 11.5 Å². The van der Waals surface area contributed by atoms with Crippen LogP contribution in [0.3, 0.4) is 0 Å². The smallest absolute Gasteiger partial charge is 0.244 e. The van der Waals surface area contributed by atoms with Gasteiger partial charge in [0.05, 0.1) is 20.3 Å². The van der Waals surface area contributed by atoms with Gasteiger partial charge in [0.25, 0.3) is 0 Å². The first-order chi connectivity index (χ1) is 12.0. The molecule has 0 spiro atoms. The van der Waals surface area contributed by atoms with Crippen molar-refractivity contribution in [2.45, 2.75) is 39.3 Å². The van der Waals surface area contributed by atoms with Crippen LogP contribution in [0, 0.1) is 13.8 Å². The van der Waals surface area contributed by atoms with E-state index in [1.54, 1.807) is 18.9 Å². The maximum absolute atomic E-state index is 12.9. The highest BCUT2D eigenvalue weighted by atomic mass is 16.5. The van der Waals surface area contributed by atoms with E-state index in [-0.39, 0.29) is 18.5 Å². The van der Waals surface area contributed by atoms with Crippen molar-refractivity contribution in [2.24, 2.45) is 0 Å². The molecule has 1 amide bonds. The minimum absolute atomic E-state index is 0.0116. The van der Waals surface area contributed by atoms with E-state index in [0.717, 1.165) is 42.3 Å². The number of hydrogen-bond donors (Lipinski definition) is 0. The number of carbonyl (C=O) groups excluding carboxylic acids is 1. The Labute approximate surface area is 147 Å². The molecular weight excluding hydrogens is 320 g/mol. The van der Waals surface area contributed by atoms with Gasteiger partial charge in [0.2, 0.25) is 5.91 Å². The Morgan fingerprint density at radius 2 is 2.08 bits per heavy atom. The highest BCUT2D eigenvalue weighted by Gasteiger charge is 2.32. The average Bonchev–Trinajstić information content (AvgIpc) is 3.21. The van der Waals surface area contributed by atoms with Crippen molar-refractivity contribution >= 4 is 5.91 Å². The molecule has 1 aromatic carbocycles. The third kappa shape index (κ3) is 3.45. The van der Waals surface area contributed by atoms with Gasteiger partial charge in [-0.3, -0.25) is 4.79 Å². The molecule has 0 saturated carbocycles. The second kappa shape index (κ2) is 7.13. The zero-order valence-corrected chi connectivity index (χ0v) is 15.2. The number of nitrogens with zero attached hydrogens (tertiary/aromatic N) is 4. The Hall–Kier alpha value is -2.57. The number of rotatable bonds is 5. The molecule has 3 rings (SSSR count). The normalized spacial score (nSPS) is 17.0. The van der Waals surface area contributed by atoms with Gasteiger partial charge in [0.1, 0.15) is 29.7 Å². The van der Waals surface area contributed by atoms with Crippen LogP contribution >= 0.6 is 0 Å². The average molecular weight is 344 g/mol. The lowest BCUT2D eigenvalue weighted by Crippen LogP contribution is -2.34. The SMILES string of the molecule is COc1ccc(OC)c([C@H]2CCCN2C(=O)Cn2nc(C)nc2C)c1. The Kier molecular flexibility index (Phi) is 4.92. The van der Waals surface area contributed by atoms with Crippen molar-refractivity contribution in [1.82, 2.24) is 19.7 Å². The van der Waals surface area contributed by atoms with Crippen LogP contribution in [0.25, 0.3) is 0 Å². The maximum atomic E-state index is 12.9. The summed E-state index contributed by atoms with van der Waals surface area (Å²) < 4.78 is 12.5. The number of aryl methyl sites for hydroxylation is 2. The molecule has 1 aliphatic rings. The molecule has 2 heterocycles. The quantitative estimate of drug-likeness (QED) is 0.832. The molecule has 1 aliphatic heterocycles. The standard InChI is InChI=1S/C18H24N4O3/c1-12-19-13(2)22(20-12)11-18(23)21-9-5-6-16(21)15-10-14(24-3)7-8-17(15)25-4/h7-8,10,16H,5-6,9,11H2,1-4H3/t16-/m1/s1. The summed E-state index contributed by atoms with van der Waals surface area (Å²) in [6.45, 7) is 4.62. The lowest BCUT2D eigenvalue weighted by Gasteiger charge is -2.26. The summed E-state index contributed by atoms with van der Waals surface area (Å²) in [7, 11) is 3.28. The molecule has 7 nitrogen and oxygen atoms in total. The summed E-state index contributed by atoms with van der Waals surface area (Å²) in [6.07, 6.45) is 1.87. The van der Waals surface area contributed by atoms with Crippen molar-refractivity contribution < 1.29 is 14.3 Å². The topological polar surface area (TPSA) is 69.5 Å². The maximum Gasteiger partial charge on any atom is 0.244 e. The lowest BCUT2D eigenvalue weighted by atomic mass is 10.0. The molecule has 25 heavy (non-hydrogen) atoms. The number of hydrogen-bond acceptors (Lipinski definition) is 5. The number of aromatic nitrogens is 3. The molecule has 1 aromatic heterocycles. The van der Waals surface area contributed by atoms with Gasteiger partial charge in [0, 0.05) is 12.1 Å². The van der Waals surface area contributed by atoms with Gasteiger partial charge in [-0.05, 0) is 44.9 Å². The summed E-state index contributed by atoms with van der Waals surface area (Å²) in [5, 5.41) is 4.29. The van der Waals surface area contributed by atoms with Gasteiger partial charge >= 0.3 is 0 Å². The third-order valence-electron chi connectivity index (χ3n) is 4.62. The molecule has 0 radical (unpaired) electrons. The number of benzene rings is 1. The summed E-state index contributed by atoms with van der Waals surface area (Å²) >= 11 is 0. The fourth-order valence-corrected chi connectivity index (χ4v) is 3.42. The summed E-state index contributed by atoms with van der Waals surface area (Å²) in [5.74, 6) is 3.01. The van der Waals surface area contributed by atoms with Gasteiger partial charge in [-0.25, -0.2) is 9.67 Å². The predicted molar refractivity (Wildman–Crippen MR) is 92.7 cm³/mol. The van der Waals surface area contributed by atoms with E-state index in [2.05, 4.69) is 10.1 Å². The highest BCUT2D eigenvalue weighted by molar-refractivity contribution is 5.77. The van der Waals surface area contributed by atoms with Crippen LogP contribution in [0.1, 0.15) is 36.1 Å². The second-order valence-electron chi connectivity index (χ2n) is 6.22. The molecule has 2 aromatic rings. The van der Waals surface area contributed by atoms with E-state index in [4.69, 9.17) is 9.47 Å². The van der Waals surface area contributed by atoms with Crippen LogP contribution in [0.15, 0.2) is 18.2 Å². The number of amides is 1. The molecule has 7 heteroatoms. The van der Waals surface area contributed by atoms with E-state index in [0.29, 0.717) is 5.82 Å². The number of ether oxygens (including phenoxy) is 2. The van der Waals surface area contributed by atoms with Gasteiger partial charge in [-0.15, -0.1) is 0 Å². The van der Waals surface area contributed by atoms with Gasteiger partial charge < -0.3 is 14.4 Å². The number of carbonyl (C=O) groups is 1. The number of likely N-dealkylation sites (tertiary alicyclic amines) is 1. The van der Waals surface area contributed by atoms with Crippen molar-refractivity contribution in [1.29, 1.82) is 0 Å². The Balaban J connectivity index is 1.85. The van der Waals surface area contributed by atoms with Gasteiger partial charge in [-0.1, -0.05) is 0 Å². The second-order valence-corrected chi connectivity index (χ2v) is 6.22. The van der Waals surface area contributed by atoms with Crippen LogP contribution in [0.2, 0.25) is 0 Å². The highest BCUT2D eigenvalue weighted by Crippen LogP contribution is 2.39. The van der Waals surface area contributed by atoms with E-state index < -0.39 is 0 Å². The Bertz CT molecular complexity index is 772. The molecule has 0 bridgehead atoms. The molecule has 1 atom stereocenters. The monoisotopic (exact) mass is 344 g/mol. The molecular formula is C18H24N4O3. The fourth-order valence-electron chi connectivity index (χ4n) is 3.42. The predicted octanol–water partition coefficient (Wildman–Crippen LogP) is 2.28. The van der Waals surface area contributed by atoms with Crippen molar-refractivity contribution in [2.75, 3.05) is 20.8 Å². The molecule has 134 valence electrons. The van der Waals surface area contributed by atoms with Crippen molar-refractivity contribution in [3.63, 3.8) is 0 Å². The molecule has 0 N–H and O–H groups in total. The molecule has 1 fully saturated rings. The first-order valence-electron chi connectivity index (χ1n) is 8.43. The van der Waals surface area contributed by atoms with Crippen LogP contribution in [0.5, 0.6) is 11.5 Å². The zero-order chi connectivity index (χ0) is 18.0. The summed E-state index contributed by atoms with van der Waals surface area (Å²) in [5.41, 5.74) is 0.985. The van der Waals surface area contributed by atoms with Gasteiger partial charge in [0.15, 0.2) is 0 Å².